The fourth-order valence-electron chi connectivity index (χ4n) is 3.19. The molecule has 0 fully saturated rings. The first-order valence-electron chi connectivity index (χ1n) is 9.42. The second kappa shape index (κ2) is 10.2. The van der Waals surface area contributed by atoms with Gasteiger partial charge < -0.3 is 10.1 Å². The summed E-state index contributed by atoms with van der Waals surface area (Å²) >= 11 is 0. The van der Waals surface area contributed by atoms with Crippen molar-refractivity contribution in [1.82, 2.24) is 4.98 Å². The standard InChI is InChI=1S/C20H30N2O3/c1-15(20(24)25-2)7-5-11-18(23)10-4-3-9-17-13-12-16-8-6-14-21-19(16)22-17/h12-13,15H,3-11,14H2,1-2H3,(H,21,22). The first-order valence-corrected chi connectivity index (χ1v) is 9.42. The third kappa shape index (κ3) is 6.48. The number of unbranched alkanes of at least 4 members (excludes halogenated alkanes) is 1. The molecule has 5 heteroatoms. The Bertz CT molecular complexity index is 586. The minimum Gasteiger partial charge on any atom is -0.469 e. The number of pyridine rings is 1. The van der Waals surface area contributed by atoms with Crippen molar-refractivity contribution < 1.29 is 14.3 Å². The molecule has 138 valence electrons. The van der Waals surface area contributed by atoms with Gasteiger partial charge in [0.1, 0.15) is 11.6 Å². The molecule has 0 aromatic carbocycles. The quantitative estimate of drug-likeness (QED) is 0.517. The van der Waals surface area contributed by atoms with Gasteiger partial charge >= 0.3 is 5.97 Å². The lowest BCUT2D eigenvalue weighted by Gasteiger charge is -2.17. The number of methoxy groups -OCH3 is 1. The normalized spacial score (nSPS) is 14.3. The van der Waals surface area contributed by atoms with Crippen molar-refractivity contribution in [3.8, 4) is 0 Å². The van der Waals surface area contributed by atoms with Gasteiger partial charge in [-0.3, -0.25) is 9.59 Å². The van der Waals surface area contributed by atoms with Crippen LogP contribution in [0.1, 0.15) is 63.1 Å². The summed E-state index contributed by atoms with van der Waals surface area (Å²) in [5.74, 6) is 1.01. The predicted octanol–water partition coefficient (Wildman–Crippen LogP) is 3.70. The van der Waals surface area contributed by atoms with Crippen LogP contribution >= 0.6 is 0 Å². The molecule has 0 aliphatic carbocycles. The van der Waals surface area contributed by atoms with E-state index in [0.717, 1.165) is 50.2 Å². The summed E-state index contributed by atoms with van der Waals surface area (Å²) in [6, 6.07) is 4.29. The maximum absolute atomic E-state index is 11.9. The van der Waals surface area contributed by atoms with Gasteiger partial charge in [-0.05, 0) is 56.6 Å². The fourth-order valence-corrected chi connectivity index (χ4v) is 3.19. The number of anilines is 1. The van der Waals surface area contributed by atoms with Gasteiger partial charge in [-0.2, -0.15) is 0 Å². The number of Topliss-reactive ketones (excluding diaryl/α,β-unsaturated/α-hetero) is 1. The fraction of sp³-hybridized carbons (Fsp3) is 0.650. The molecule has 2 heterocycles. The molecule has 0 spiro atoms. The summed E-state index contributed by atoms with van der Waals surface area (Å²) in [5, 5.41) is 3.36. The van der Waals surface area contributed by atoms with Crippen molar-refractivity contribution in [2.45, 2.75) is 64.7 Å². The van der Waals surface area contributed by atoms with E-state index >= 15 is 0 Å². The monoisotopic (exact) mass is 346 g/mol. The molecule has 0 bridgehead atoms. The largest absolute Gasteiger partial charge is 0.469 e. The number of rotatable bonds is 10. The Morgan fingerprint density at radius 2 is 2.04 bits per heavy atom. The van der Waals surface area contributed by atoms with E-state index in [1.807, 2.05) is 6.92 Å². The number of carbonyl (C=O) groups is 2. The minimum atomic E-state index is -0.195. The van der Waals surface area contributed by atoms with Gasteiger partial charge in [-0.1, -0.05) is 13.0 Å². The molecule has 0 saturated heterocycles. The van der Waals surface area contributed by atoms with Crippen LogP contribution in [0.3, 0.4) is 0 Å². The third-order valence-electron chi connectivity index (χ3n) is 4.79. The number of fused-ring (bicyclic) bond motifs is 1. The molecule has 1 aliphatic heterocycles. The van der Waals surface area contributed by atoms with Crippen LogP contribution in [-0.2, 0) is 27.2 Å². The topological polar surface area (TPSA) is 68.3 Å². The minimum absolute atomic E-state index is 0.124. The number of hydrogen-bond donors (Lipinski definition) is 1. The highest BCUT2D eigenvalue weighted by atomic mass is 16.5. The molecule has 25 heavy (non-hydrogen) atoms. The summed E-state index contributed by atoms with van der Waals surface area (Å²) in [6.45, 7) is 2.85. The maximum atomic E-state index is 11.9. The Morgan fingerprint density at radius 3 is 2.84 bits per heavy atom. The second-order valence-electron chi connectivity index (χ2n) is 6.90. The molecule has 1 aromatic heterocycles. The van der Waals surface area contributed by atoms with Gasteiger partial charge in [0, 0.05) is 25.1 Å². The molecule has 1 aromatic rings. The molecule has 1 N–H and O–H groups in total. The zero-order chi connectivity index (χ0) is 18.1. The van der Waals surface area contributed by atoms with E-state index in [2.05, 4.69) is 22.4 Å². The lowest BCUT2D eigenvalue weighted by molar-refractivity contribution is -0.145. The van der Waals surface area contributed by atoms with E-state index in [-0.39, 0.29) is 17.7 Å². The van der Waals surface area contributed by atoms with Crippen molar-refractivity contribution in [3.63, 3.8) is 0 Å². The van der Waals surface area contributed by atoms with Crippen LogP contribution in [0.5, 0.6) is 0 Å². The molecule has 5 nitrogen and oxygen atoms in total. The number of nitrogens with one attached hydrogen (secondary N) is 1. The second-order valence-corrected chi connectivity index (χ2v) is 6.90. The van der Waals surface area contributed by atoms with Gasteiger partial charge in [0.15, 0.2) is 0 Å². The lowest BCUT2D eigenvalue weighted by Crippen LogP contribution is -2.14. The van der Waals surface area contributed by atoms with Crippen LogP contribution in [0.15, 0.2) is 12.1 Å². The molecule has 1 aliphatic rings. The highest BCUT2D eigenvalue weighted by Gasteiger charge is 2.13. The summed E-state index contributed by atoms with van der Waals surface area (Å²) in [4.78, 5) is 27.9. The van der Waals surface area contributed by atoms with Crippen LogP contribution in [0.25, 0.3) is 0 Å². The lowest BCUT2D eigenvalue weighted by atomic mass is 10.0. The van der Waals surface area contributed by atoms with E-state index in [1.54, 1.807) is 0 Å². The van der Waals surface area contributed by atoms with Crippen molar-refractivity contribution in [1.29, 1.82) is 0 Å². The van der Waals surface area contributed by atoms with E-state index in [1.165, 1.54) is 19.1 Å². The zero-order valence-corrected chi connectivity index (χ0v) is 15.5. The van der Waals surface area contributed by atoms with Gasteiger partial charge in [-0.15, -0.1) is 0 Å². The van der Waals surface area contributed by atoms with E-state index in [4.69, 9.17) is 4.74 Å². The summed E-state index contributed by atoms with van der Waals surface area (Å²) in [6.07, 6.45) is 7.73. The van der Waals surface area contributed by atoms with Crippen LogP contribution in [0, 0.1) is 5.92 Å². The highest BCUT2D eigenvalue weighted by Crippen LogP contribution is 2.20. The third-order valence-corrected chi connectivity index (χ3v) is 4.79. The molecular weight excluding hydrogens is 316 g/mol. The smallest absolute Gasteiger partial charge is 0.308 e. The predicted molar refractivity (Wildman–Crippen MR) is 98.6 cm³/mol. The molecule has 1 unspecified atom stereocenters. The summed E-state index contributed by atoms with van der Waals surface area (Å²) in [5.41, 5.74) is 2.42. The summed E-state index contributed by atoms with van der Waals surface area (Å²) in [7, 11) is 1.40. The maximum Gasteiger partial charge on any atom is 0.308 e. The number of ether oxygens (including phenoxy) is 1. The van der Waals surface area contributed by atoms with Crippen LogP contribution in [-0.4, -0.2) is 30.4 Å². The number of esters is 1. The number of aromatic nitrogens is 1. The molecule has 2 rings (SSSR count). The van der Waals surface area contributed by atoms with Gasteiger partial charge in [0.2, 0.25) is 0 Å². The molecule has 0 radical (unpaired) electrons. The van der Waals surface area contributed by atoms with E-state index in [9.17, 15) is 9.59 Å². The molecular formula is C20H30N2O3. The Kier molecular flexibility index (Phi) is 7.89. The number of nitrogens with zero attached hydrogens (tertiary/aromatic N) is 1. The average molecular weight is 346 g/mol. The molecule has 1 atom stereocenters. The number of hydrogen-bond acceptors (Lipinski definition) is 5. The number of ketones is 1. The first kappa shape index (κ1) is 19.4. The van der Waals surface area contributed by atoms with E-state index < -0.39 is 0 Å². The van der Waals surface area contributed by atoms with Crippen molar-refractivity contribution in [2.75, 3.05) is 19.0 Å². The van der Waals surface area contributed by atoms with Crippen LogP contribution in [0.2, 0.25) is 0 Å². The zero-order valence-electron chi connectivity index (χ0n) is 15.5. The number of aryl methyl sites for hydroxylation is 2. The Morgan fingerprint density at radius 1 is 1.24 bits per heavy atom. The van der Waals surface area contributed by atoms with Crippen molar-refractivity contribution in [3.05, 3.63) is 23.4 Å². The van der Waals surface area contributed by atoms with Gasteiger partial charge in [0.25, 0.3) is 0 Å². The van der Waals surface area contributed by atoms with Crippen LogP contribution < -0.4 is 5.32 Å². The van der Waals surface area contributed by atoms with Crippen molar-refractivity contribution in [2.24, 2.45) is 5.92 Å². The summed E-state index contributed by atoms with van der Waals surface area (Å²) < 4.78 is 4.69. The Balaban J connectivity index is 1.59. The molecule has 0 amide bonds. The SMILES string of the molecule is COC(=O)C(C)CCCC(=O)CCCCc1ccc2c(n1)NCCC2. The van der Waals surface area contributed by atoms with Crippen molar-refractivity contribution >= 4 is 17.6 Å². The first-order chi connectivity index (χ1) is 12.1. The van der Waals surface area contributed by atoms with E-state index in [0.29, 0.717) is 19.3 Å². The Hall–Kier alpha value is -1.91. The van der Waals surface area contributed by atoms with Crippen LogP contribution in [0.4, 0.5) is 5.82 Å². The average Bonchev–Trinajstić information content (AvgIpc) is 2.64. The Labute approximate surface area is 150 Å². The van der Waals surface area contributed by atoms with Gasteiger partial charge in [-0.25, -0.2) is 4.98 Å². The number of carbonyl (C=O) groups excluding carboxylic acids is 2. The highest BCUT2D eigenvalue weighted by molar-refractivity contribution is 5.78. The van der Waals surface area contributed by atoms with Gasteiger partial charge in [0.05, 0.1) is 13.0 Å². The molecule has 0 saturated carbocycles.